The molecular weight excluding hydrogens is 326 g/mol. The highest BCUT2D eigenvalue weighted by Crippen LogP contribution is 2.29. The van der Waals surface area contributed by atoms with Crippen LogP contribution in [0.25, 0.3) is 12.2 Å². The number of pyridine rings is 1. The minimum absolute atomic E-state index is 0.389. The zero-order chi connectivity index (χ0) is 18.4. The molecule has 0 aliphatic heterocycles. The first-order chi connectivity index (χ1) is 12.7. The Labute approximate surface area is 152 Å². The summed E-state index contributed by atoms with van der Waals surface area (Å²) in [6.45, 7) is 1.93. The molecule has 1 aromatic heterocycles. The van der Waals surface area contributed by atoms with Crippen molar-refractivity contribution in [2.24, 2.45) is 0 Å². The van der Waals surface area contributed by atoms with Gasteiger partial charge < -0.3 is 9.47 Å². The summed E-state index contributed by atoms with van der Waals surface area (Å²) in [5.41, 5.74) is 3.50. The summed E-state index contributed by atoms with van der Waals surface area (Å²) in [6.07, 6.45) is 7.43. The van der Waals surface area contributed by atoms with E-state index in [1.54, 1.807) is 37.7 Å². The summed E-state index contributed by atoms with van der Waals surface area (Å²) >= 11 is 0. The third-order valence-electron chi connectivity index (χ3n) is 3.82. The zero-order valence-corrected chi connectivity index (χ0v) is 14.7. The van der Waals surface area contributed by atoms with Gasteiger partial charge in [0.25, 0.3) is 0 Å². The predicted molar refractivity (Wildman–Crippen MR) is 102 cm³/mol. The first-order valence-corrected chi connectivity index (χ1v) is 8.21. The second-order valence-corrected chi connectivity index (χ2v) is 5.78. The fourth-order valence-corrected chi connectivity index (χ4v) is 2.47. The Bertz CT molecular complexity index is 933. The van der Waals surface area contributed by atoms with Crippen LogP contribution in [0.2, 0.25) is 0 Å². The Balaban J connectivity index is 1.78. The summed E-state index contributed by atoms with van der Waals surface area (Å²) in [5.74, 6) is 0.482. The average molecular weight is 345 g/mol. The third-order valence-corrected chi connectivity index (χ3v) is 3.82. The van der Waals surface area contributed by atoms with Crippen LogP contribution in [0.5, 0.6) is 11.5 Å². The average Bonchev–Trinajstić information content (AvgIpc) is 2.68. The molecule has 3 aromatic rings. The van der Waals surface area contributed by atoms with E-state index in [1.807, 2.05) is 55.5 Å². The topological polar surface area (TPSA) is 48.4 Å². The lowest BCUT2D eigenvalue weighted by Crippen LogP contribution is -2.09. The van der Waals surface area contributed by atoms with E-state index in [2.05, 4.69) is 4.98 Å². The van der Waals surface area contributed by atoms with Gasteiger partial charge in [-0.2, -0.15) is 0 Å². The highest BCUT2D eigenvalue weighted by Gasteiger charge is 2.12. The van der Waals surface area contributed by atoms with Crippen molar-refractivity contribution in [1.82, 2.24) is 4.98 Å². The molecule has 4 heteroatoms. The van der Waals surface area contributed by atoms with Gasteiger partial charge in [-0.25, -0.2) is 4.79 Å². The molecule has 0 radical (unpaired) electrons. The molecule has 0 unspecified atom stereocenters. The van der Waals surface area contributed by atoms with Crippen LogP contribution in [0, 0.1) is 6.92 Å². The number of aryl methyl sites for hydroxylation is 1. The van der Waals surface area contributed by atoms with Crippen molar-refractivity contribution in [2.75, 3.05) is 7.11 Å². The first kappa shape index (κ1) is 17.4. The molecule has 0 aliphatic rings. The van der Waals surface area contributed by atoms with Crippen LogP contribution in [-0.4, -0.2) is 18.1 Å². The molecule has 0 aliphatic carbocycles. The van der Waals surface area contributed by atoms with E-state index in [0.29, 0.717) is 17.1 Å². The Morgan fingerprint density at radius 2 is 1.69 bits per heavy atom. The summed E-state index contributed by atoms with van der Waals surface area (Å²) in [7, 11) is 1.55. The Hall–Kier alpha value is -3.40. The van der Waals surface area contributed by atoms with E-state index < -0.39 is 5.97 Å². The molecule has 0 saturated carbocycles. The van der Waals surface area contributed by atoms with Gasteiger partial charge in [0, 0.05) is 12.4 Å². The first-order valence-electron chi connectivity index (χ1n) is 8.21. The summed E-state index contributed by atoms with van der Waals surface area (Å²) in [5, 5.41) is 0. The van der Waals surface area contributed by atoms with Gasteiger partial charge in [-0.15, -0.1) is 0 Å². The highest BCUT2D eigenvalue weighted by atomic mass is 16.6. The van der Waals surface area contributed by atoms with Crippen molar-refractivity contribution in [1.29, 1.82) is 0 Å². The van der Waals surface area contributed by atoms with Gasteiger partial charge >= 0.3 is 5.97 Å². The molecule has 0 fully saturated rings. The van der Waals surface area contributed by atoms with Crippen LogP contribution in [0.3, 0.4) is 0 Å². The maximum absolute atomic E-state index is 12.3. The fourth-order valence-electron chi connectivity index (χ4n) is 2.47. The Morgan fingerprint density at radius 1 is 0.923 bits per heavy atom. The number of aromatic nitrogens is 1. The third kappa shape index (κ3) is 4.36. The number of rotatable bonds is 5. The molecule has 0 N–H and O–H groups in total. The lowest BCUT2D eigenvalue weighted by atomic mass is 10.1. The van der Waals surface area contributed by atoms with Gasteiger partial charge in [0.1, 0.15) is 0 Å². The number of hydrogen-bond acceptors (Lipinski definition) is 4. The smallest absolute Gasteiger partial charge is 0.343 e. The van der Waals surface area contributed by atoms with Crippen LogP contribution in [0.4, 0.5) is 0 Å². The molecule has 2 aromatic carbocycles. The minimum atomic E-state index is -0.410. The normalized spacial score (nSPS) is 10.7. The molecule has 0 amide bonds. The molecule has 0 atom stereocenters. The van der Waals surface area contributed by atoms with Gasteiger partial charge in [-0.05, 0) is 54.4 Å². The number of carbonyl (C=O) groups excluding carboxylic acids is 1. The van der Waals surface area contributed by atoms with Gasteiger partial charge in [0.05, 0.1) is 12.7 Å². The molecule has 1 heterocycles. The monoisotopic (exact) mass is 345 g/mol. The lowest BCUT2D eigenvalue weighted by Gasteiger charge is -2.10. The Kier molecular flexibility index (Phi) is 5.44. The van der Waals surface area contributed by atoms with Crippen LogP contribution in [0.15, 0.2) is 67.0 Å². The second-order valence-electron chi connectivity index (χ2n) is 5.78. The number of nitrogens with zero attached hydrogens (tertiary/aromatic N) is 1. The van der Waals surface area contributed by atoms with Gasteiger partial charge in [-0.3, -0.25) is 4.98 Å². The number of methoxy groups -OCH3 is 1. The van der Waals surface area contributed by atoms with Crippen molar-refractivity contribution in [3.8, 4) is 11.5 Å². The van der Waals surface area contributed by atoms with Crippen molar-refractivity contribution >= 4 is 18.1 Å². The largest absolute Gasteiger partial charge is 0.493 e. The van der Waals surface area contributed by atoms with Crippen LogP contribution >= 0.6 is 0 Å². The van der Waals surface area contributed by atoms with E-state index in [0.717, 1.165) is 16.7 Å². The van der Waals surface area contributed by atoms with Crippen molar-refractivity contribution in [3.05, 3.63) is 89.2 Å². The highest BCUT2D eigenvalue weighted by molar-refractivity contribution is 5.91. The quantitative estimate of drug-likeness (QED) is 0.493. The molecule has 130 valence electrons. The summed E-state index contributed by atoms with van der Waals surface area (Å²) < 4.78 is 10.9. The number of ether oxygens (including phenoxy) is 2. The number of carbonyl (C=O) groups is 1. The lowest BCUT2D eigenvalue weighted by molar-refractivity contribution is 0.0729. The summed E-state index contributed by atoms with van der Waals surface area (Å²) in [4.78, 5) is 16.3. The van der Waals surface area contributed by atoms with E-state index in [9.17, 15) is 4.79 Å². The van der Waals surface area contributed by atoms with Gasteiger partial charge in [0.15, 0.2) is 11.5 Å². The maximum atomic E-state index is 12.3. The number of hydrogen-bond donors (Lipinski definition) is 0. The van der Waals surface area contributed by atoms with Gasteiger partial charge in [0.2, 0.25) is 0 Å². The molecule has 26 heavy (non-hydrogen) atoms. The predicted octanol–water partition coefficient (Wildman–Crippen LogP) is 4.79. The van der Waals surface area contributed by atoms with Crippen molar-refractivity contribution in [2.45, 2.75) is 6.92 Å². The SMILES string of the molecule is COc1cc(/C=C/c2ccncc2)ccc1OC(=O)c1cccc(C)c1. The minimum Gasteiger partial charge on any atom is -0.493 e. The van der Waals surface area contributed by atoms with Crippen LogP contribution in [-0.2, 0) is 0 Å². The van der Waals surface area contributed by atoms with E-state index >= 15 is 0 Å². The summed E-state index contributed by atoms with van der Waals surface area (Å²) in [6, 6.07) is 16.6. The molecule has 0 spiro atoms. The number of benzene rings is 2. The van der Waals surface area contributed by atoms with E-state index in [-0.39, 0.29) is 0 Å². The zero-order valence-electron chi connectivity index (χ0n) is 14.7. The molecule has 3 rings (SSSR count). The van der Waals surface area contributed by atoms with Crippen LogP contribution < -0.4 is 9.47 Å². The van der Waals surface area contributed by atoms with Gasteiger partial charge in [-0.1, -0.05) is 35.9 Å². The number of esters is 1. The van der Waals surface area contributed by atoms with E-state index in [4.69, 9.17) is 9.47 Å². The molecule has 4 nitrogen and oxygen atoms in total. The fraction of sp³-hybridized carbons (Fsp3) is 0.0909. The van der Waals surface area contributed by atoms with Crippen molar-refractivity contribution in [3.63, 3.8) is 0 Å². The standard InChI is InChI=1S/C22H19NO3/c1-16-4-3-5-19(14-16)22(24)26-20-9-8-18(15-21(20)25-2)7-6-17-10-12-23-13-11-17/h3-15H,1-2H3/b7-6+. The molecular formula is C22H19NO3. The molecule has 0 bridgehead atoms. The Morgan fingerprint density at radius 3 is 2.42 bits per heavy atom. The maximum Gasteiger partial charge on any atom is 0.343 e. The van der Waals surface area contributed by atoms with Crippen LogP contribution in [0.1, 0.15) is 27.0 Å². The second kappa shape index (κ2) is 8.12. The van der Waals surface area contributed by atoms with E-state index in [1.165, 1.54) is 0 Å². The van der Waals surface area contributed by atoms with Crippen molar-refractivity contribution < 1.29 is 14.3 Å². The molecule has 0 saturated heterocycles.